The fourth-order valence-corrected chi connectivity index (χ4v) is 2.46. The van der Waals surface area contributed by atoms with Crippen LogP contribution >= 0.6 is 0 Å². The van der Waals surface area contributed by atoms with E-state index in [1.165, 1.54) is 24.3 Å². The summed E-state index contributed by atoms with van der Waals surface area (Å²) < 4.78 is 16.5. The Balaban J connectivity index is 1.77. The van der Waals surface area contributed by atoms with Gasteiger partial charge in [0, 0.05) is 23.8 Å². The summed E-state index contributed by atoms with van der Waals surface area (Å²) in [4.78, 5) is 12.3. The SMILES string of the molecule is O=c1cc(-c2cc(O)cc(O)c2)oc2cc(OC[C@H]3CO3)ccc12. The molecule has 1 atom stereocenters. The first-order valence-corrected chi connectivity index (χ1v) is 7.44. The molecule has 122 valence electrons. The summed E-state index contributed by atoms with van der Waals surface area (Å²) in [6.07, 6.45) is 0.134. The summed E-state index contributed by atoms with van der Waals surface area (Å²) in [5, 5.41) is 19.6. The predicted molar refractivity (Wildman–Crippen MR) is 86.5 cm³/mol. The standard InChI is InChI=1S/C18H14O6/c19-11-3-10(4-12(20)5-11)17-7-16(21)15-2-1-13(6-18(15)24-17)22-8-14-9-23-14/h1-7,14,19-20H,8-9H2/t14-/m0/s1. The number of benzene rings is 2. The van der Waals surface area contributed by atoms with Crippen LogP contribution in [0.1, 0.15) is 0 Å². The Hall–Kier alpha value is -2.99. The van der Waals surface area contributed by atoms with Gasteiger partial charge in [-0.25, -0.2) is 0 Å². The zero-order valence-electron chi connectivity index (χ0n) is 12.6. The van der Waals surface area contributed by atoms with Gasteiger partial charge in [-0.3, -0.25) is 4.79 Å². The van der Waals surface area contributed by atoms with Gasteiger partial charge in [-0.05, 0) is 24.3 Å². The minimum absolute atomic E-state index is 0.116. The Kier molecular flexibility index (Phi) is 3.39. The van der Waals surface area contributed by atoms with E-state index in [9.17, 15) is 15.0 Å². The lowest BCUT2D eigenvalue weighted by molar-refractivity contribution is 0.263. The van der Waals surface area contributed by atoms with E-state index in [1.807, 2.05) is 0 Å². The topological polar surface area (TPSA) is 92.4 Å². The van der Waals surface area contributed by atoms with Crippen LogP contribution in [0.4, 0.5) is 0 Å². The minimum Gasteiger partial charge on any atom is -0.508 e. The minimum atomic E-state index is -0.217. The molecule has 1 aromatic heterocycles. The van der Waals surface area contributed by atoms with Crippen molar-refractivity contribution in [3.05, 3.63) is 52.7 Å². The van der Waals surface area contributed by atoms with Crippen LogP contribution < -0.4 is 10.2 Å². The van der Waals surface area contributed by atoms with Crippen LogP contribution in [0.5, 0.6) is 17.2 Å². The fourth-order valence-electron chi connectivity index (χ4n) is 2.46. The number of hydrogen-bond acceptors (Lipinski definition) is 6. The van der Waals surface area contributed by atoms with Gasteiger partial charge in [0.15, 0.2) is 5.43 Å². The number of aromatic hydroxyl groups is 2. The van der Waals surface area contributed by atoms with E-state index in [0.717, 1.165) is 0 Å². The quantitative estimate of drug-likeness (QED) is 0.716. The van der Waals surface area contributed by atoms with Crippen LogP contribution in [0.2, 0.25) is 0 Å². The summed E-state index contributed by atoms with van der Waals surface area (Å²) in [6.45, 7) is 1.16. The summed E-state index contributed by atoms with van der Waals surface area (Å²) in [7, 11) is 0. The molecule has 24 heavy (non-hydrogen) atoms. The molecule has 2 aromatic carbocycles. The van der Waals surface area contributed by atoms with Crippen LogP contribution in [0.25, 0.3) is 22.3 Å². The van der Waals surface area contributed by atoms with Crippen molar-refractivity contribution in [2.24, 2.45) is 0 Å². The maximum Gasteiger partial charge on any atom is 0.193 e. The largest absolute Gasteiger partial charge is 0.508 e. The molecule has 4 rings (SSSR count). The van der Waals surface area contributed by atoms with Crippen molar-refractivity contribution in [1.82, 2.24) is 0 Å². The van der Waals surface area contributed by atoms with Crippen molar-refractivity contribution in [3.63, 3.8) is 0 Å². The monoisotopic (exact) mass is 326 g/mol. The number of hydrogen-bond donors (Lipinski definition) is 2. The second kappa shape index (κ2) is 5.58. The highest BCUT2D eigenvalue weighted by atomic mass is 16.6. The van der Waals surface area contributed by atoms with Crippen molar-refractivity contribution < 1.29 is 24.1 Å². The third-order valence-electron chi connectivity index (χ3n) is 3.73. The van der Waals surface area contributed by atoms with Gasteiger partial charge >= 0.3 is 0 Å². The van der Waals surface area contributed by atoms with E-state index in [4.69, 9.17) is 13.9 Å². The van der Waals surface area contributed by atoms with E-state index >= 15 is 0 Å². The number of ether oxygens (including phenoxy) is 2. The smallest absolute Gasteiger partial charge is 0.193 e. The van der Waals surface area contributed by atoms with Crippen molar-refractivity contribution in [2.45, 2.75) is 6.10 Å². The van der Waals surface area contributed by atoms with E-state index in [0.29, 0.717) is 35.5 Å². The number of fused-ring (bicyclic) bond motifs is 1. The molecule has 2 heterocycles. The molecule has 0 radical (unpaired) electrons. The van der Waals surface area contributed by atoms with Crippen molar-refractivity contribution in [1.29, 1.82) is 0 Å². The zero-order valence-corrected chi connectivity index (χ0v) is 12.6. The van der Waals surface area contributed by atoms with Gasteiger partial charge in [-0.1, -0.05) is 0 Å². The lowest BCUT2D eigenvalue weighted by Crippen LogP contribution is -2.05. The maximum absolute atomic E-state index is 12.3. The van der Waals surface area contributed by atoms with E-state index in [-0.39, 0.29) is 28.8 Å². The first-order chi connectivity index (χ1) is 11.6. The predicted octanol–water partition coefficient (Wildman–Crippen LogP) is 2.65. The van der Waals surface area contributed by atoms with Gasteiger partial charge in [0.1, 0.15) is 41.3 Å². The molecule has 3 aromatic rings. The molecular weight excluding hydrogens is 312 g/mol. The van der Waals surface area contributed by atoms with Gasteiger partial charge in [0.2, 0.25) is 0 Å². The molecule has 0 aliphatic carbocycles. The summed E-state index contributed by atoms with van der Waals surface area (Å²) >= 11 is 0. The van der Waals surface area contributed by atoms with Crippen LogP contribution in [0, 0.1) is 0 Å². The highest BCUT2D eigenvalue weighted by Crippen LogP contribution is 2.30. The normalized spacial score (nSPS) is 16.2. The van der Waals surface area contributed by atoms with Gasteiger partial charge in [0.05, 0.1) is 12.0 Å². The summed E-state index contributed by atoms with van der Waals surface area (Å²) in [6, 6.07) is 10.4. The molecule has 1 aliphatic rings. The maximum atomic E-state index is 12.3. The molecule has 0 saturated carbocycles. The summed E-state index contributed by atoms with van der Waals surface area (Å²) in [5.41, 5.74) is 0.560. The highest BCUT2D eigenvalue weighted by molar-refractivity contribution is 5.80. The number of phenols is 2. The molecule has 6 heteroatoms. The Morgan fingerprint density at radius 3 is 2.54 bits per heavy atom. The Labute approximate surface area is 136 Å². The Bertz CT molecular complexity index is 951. The molecule has 1 aliphatic heterocycles. The van der Waals surface area contributed by atoms with Crippen molar-refractivity contribution in [2.75, 3.05) is 13.2 Å². The van der Waals surface area contributed by atoms with Gasteiger partial charge in [-0.15, -0.1) is 0 Å². The second-order valence-electron chi connectivity index (χ2n) is 5.64. The lowest BCUT2D eigenvalue weighted by atomic mass is 10.1. The molecule has 1 saturated heterocycles. The highest BCUT2D eigenvalue weighted by Gasteiger charge is 2.23. The first kappa shape index (κ1) is 14.6. The van der Waals surface area contributed by atoms with Gasteiger partial charge in [0.25, 0.3) is 0 Å². The molecular formula is C18H14O6. The average molecular weight is 326 g/mol. The van der Waals surface area contributed by atoms with E-state index < -0.39 is 0 Å². The number of rotatable bonds is 4. The van der Waals surface area contributed by atoms with Crippen molar-refractivity contribution >= 4 is 11.0 Å². The average Bonchev–Trinajstić information content (AvgIpc) is 3.36. The first-order valence-electron chi connectivity index (χ1n) is 7.44. The van der Waals surface area contributed by atoms with Crippen LogP contribution in [-0.4, -0.2) is 29.5 Å². The zero-order chi connectivity index (χ0) is 16.7. The van der Waals surface area contributed by atoms with E-state index in [2.05, 4.69) is 0 Å². The Morgan fingerprint density at radius 2 is 1.83 bits per heavy atom. The van der Waals surface area contributed by atoms with Crippen LogP contribution in [0.3, 0.4) is 0 Å². The number of epoxide rings is 1. The van der Waals surface area contributed by atoms with Crippen LogP contribution in [0.15, 0.2) is 51.7 Å². The molecule has 6 nitrogen and oxygen atoms in total. The molecule has 0 bridgehead atoms. The van der Waals surface area contributed by atoms with Crippen LogP contribution in [-0.2, 0) is 4.74 Å². The third kappa shape index (κ3) is 2.91. The molecule has 0 unspecified atom stereocenters. The summed E-state index contributed by atoms with van der Waals surface area (Å²) in [5.74, 6) is 0.599. The molecule has 2 N–H and O–H groups in total. The molecule has 0 amide bonds. The van der Waals surface area contributed by atoms with Gasteiger partial charge in [-0.2, -0.15) is 0 Å². The third-order valence-corrected chi connectivity index (χ3v) is 3.73. The molecule has 0 spiro atoms. The van der Waals surface area contributed by atoms with Gasteiger partial charge < -0.3 is 24.1 Å². The Morgan fingerprint density at radius 1 is 1.08 bits per heavy atom. The van der Waals surface area contributed by atoms with Crippen molar-refractivity contribution in [3.8, 4) is 28.6 Å². The second-order valence-corrected chi connectivity index (χ2v) is 5.64. The molecule has 1 fully saturated rings. The number of phenolic OH excluding ortho intramolecular Hbond substituents is 2. The fraction of sp³-hybridized carbons (Fsp3) is 0.167. The lowest BCUT2D eigenvalue weighted by Gasteiger charge is -2.07. The van der Waals surface area contributed by atoms with E-state index in [1.54, 1.807) is 18.2 Å².